The molecule has 0 heterocycles. The molecule has 1 aromatic rings. The van der Waals surface area contributed by atoms with Crippen LogP contribution in [0.15, 0.2) is 29.2 Å². The van der Waals surface area contributed by atoms with Gasteiger partial charge in [-0.1, -0.05) is 0 Å². The number of rotatable bonds is 6. The molecule has 0 radical (unpaired) electrons. The van der Waals surface area contributed by atoms with E-state index in [0.717, 1.165) is 0 Å². The number of anilines is 1. The highest BCUT2D eigenvalue weighted by Gasteiger charge is 2.27. The Balaban J connectivity index is 2.42. The SMILES string of the molecule is Nc1ccc(S(=O)(=O)CCCOCC(F)(F)F)cc1. The Morgan fingerprint density at radius 2 is 1.74 bits per heavy atom. The maximum absolute atomic E-state index is 11.8. The number of hydrogen-bond donors (Lipinski definition) is 1. The molecule has 2 N–H and O–H groups in total. The fourth-order valence-electron chi connectivity index (χ4n) is 1.33. The largest absolute Gasteiger partial charge is 0.411 e. The van der Waals surface area contributed by atoms with Gasteiger partial charge in [-0.2, -0.15) is 13.2 Å². The van der Waals surface area contributed by atoms with Crippen LogP contribution in [-0.2, 0) is 14.6 Å². The Labute approximate surface area is 109 Å². The van der Waals surface area contributed by atoms with Crippen LogP contribution in [0.1, 0.15) is 6.42 Å². The molecule has 8 heteroatoms. The van der Waals surface area contributed by atoms with Crippen molar-refractivity contribution in [2.45, 2.75) is 17.5 Å². The van der Waals surface area contributed by atoms with Crippen LogP contribution < -0.4 is 5.73 Å². The van der Waals surface area contributed by atoms with Gasteiger partial charge in [0, 0.05) is 12.3 Å². The van der Waals surface area contributed by atoms with E-state index in [1.54, 1.807) is 0 Å². The van der Waals surface area contributed by atoms with Gasteiger partial charge in [-0.25, -0.2) is 8.42 Å². The summed E-state index contributed by atoms with van der Waals surface area (Å²) in [4.78, 5) is 0.0949. The van der Waals surface area contributed by atoms with E-state index in [2.05, 4.69) is 4.74 Å². The Morgan fingerprint density at radius 1 is 1.16 bits per heavy atom. The second kappa shape index (κ2) is 6.25. The standard InChI is InChI=1S/C11H14F3NO3S/c12-11(13,14)8-18-6-1-7-19(16,17)10-4-2-9(15)3-5-10/h2-5H,1,6-8,15H2. The van der Waals surface area contributed by atoms with Gasteiger partial charge in [-0.05, 0) is 30.7 Å². The van der Waals surface area contributed by atoms with E-state index in [1.165, 1.54) is 24.3 Å². The smallest absolute Gasteiger partial charge is 0.399 e. The van der Waals surface area contributed by atoms with E-state index in [9.17, 15) is 21.6 Å². The van der Waals surface area contributed by atoms with E-state index in [0.29, 0.717) is 5.69 Å². The number of nitrogens with two attached hydrogens (primary N) is 1. The molecule has 0 bridgehead atoms. The Morgan fingerprint density at radius 3 is 2.26 bits per heavy atom. The molecule has 0 spiro atoms. The van der Waals surface area contributed by atoms with Crippen molar-refractivity contribution in [2.75, 3.05) is 24.7 Å². The minimum Gasteiger partial charge on any atom is -0.399 e. The minimum atomic E-state index is -4.39. The van der Waals surface area contributed by atoms with Gasteiger partial charge in [-0.3, -0.25) is 0 Å². The van der Waals surface area contributed by atoms with Gasteiger partial charge in [0.25, 0.3) is 0 Å². The maximum atomic E-state index is 11.8. The van der Waals surface area contributed by atoms with Crippen LogP contribution in [0.5, 0.6) is 0 Å². The zero-order chi connectivity index (χ0) is 14.5. The number of nitrogen functional groups attached to an aromatic ring is 1. The summed E-state index contributed by atoms with van der Waals surface area (Å²) in [6, 6.07) is 5.63. The highest BCUT2D eigenvalue weighted by atomic mass is 32.2. The lowest BCUT2D eigenvalue weighted by Gasteiger charge is -2.08. The number of ether oxygens (including phenoxy) is 1. The highest BCUT2D eigenvalue weighted by molar-refractivity contribution is 7.91. The van der Waals surface area contributed by atoms with Gasteiger partial charge >= 0.3 is 6.18 Å². The fraction of sp³-hybridized carbons (Fsp3) is 0.455. The third-order valence-electron chi connectivity index (χ3n) is 2.21. The normalized spacial score (nSPS) is 12.6. The van der Waals surface area contributed by atoms with Crippen LogP contribution in [0.4, 0.5) is 18.9 Å². The average Bonchev–Trinajstić information content (AvgIpc) is 2.27. The maximum Gasteiger partial charge on any atom is 0.411 e. The van der Waals surface area contributed by atoms with Crippen LogP contribution in [-0.4, -0.2) is 33.6 Å². The molecule has 0 amide bonds. The second-order valence-corrected chi connectivity index (χ2v) is 6.02. The van der Waals surface area contributed by atoms with Crippen LogP contribution in [0.3, 0.4) is 0 Å². The molecule has 0 atom stereocenters. The van der Waals surface area contributed by atoms with Crippen molar-refractivity contribution >= 4 is 15.5 Å². The summed E-state index contributed by atoms with van der Waals surface area (Å²) in [6.45, 7) is -1.62. The summed E-state index contributed by atoms with van der Waals surface area (Å²) in [5.41, 5.74) is 5.87. The summed E-state index contributed by atoms with van der Waals surface area (Å²) in [7, 11) is -3.51. The van der Waals surface area contributed by atoms with Crippen LogP contribution in [0.2, 0.25) is 0 Å². The summed E-state index contributed by atoms with van der Waals surface area (Å²) < 4.78 is 63.2. The lowest BCUT2D eigenvalue weighted by Crippen LogP contribution is -2.18. The third kappa shape index (κ3) is 5.93. The first-order valence-electron chi connectivity index (χ1n) is 5.43. The molecule has 0 saturated carbocycles. The molecule has 0 aliphatic heterocycles. The first-order chi connectivity index (χ1) is 8.71. The van der Waals surface area contributed by atoms with Crippen LogP contribution >= 0.6 is 0 Å². The van der Waals surface area contributed by atoms with Gasteiger partial charge in [0.15, 0.2) is 9.84 Å². The van der Waals surface area contributed by atoms with Crippen LogP contribution in [0.25, 0.3) is 0 Å². The number of sulfone groups is 1. The Hall–Kier alpha value is -1.28. The number of alkyl halides is 3. The van der Waals surface area contributed by atoms with Crippen molar-refractivity contribution in [1.29, 1.82) is 0 Å². The van der Waals surface area contributed by atoms with Gasteiger partial charge < -0.3 is 10.5 Å². The lowest BCUT2D eigenvalue weighted by atomic mass is 10.3. The molecule has 108 valence electrons. The van der Waals surface area contributed by atoms with Crippen molar-refractivity contribution in [3.63, 3.8) is 0 Å². The van der Waals surface area contributed by atoms with E-state index >= 15 is 0 Å². The zero-order valence-corrected chi connectivity index (χ0v) is 10.8. The Bertz CT molecular complexity index is 497. The van der Waals surface area contributed by atoms with Gasteiger partial charge in [-0.15, -0.1) is 0 Å². The molecule has 0 fully saturated rings. The number of halogens is 3. The summed E-state index contributed by atoms with van der Waals surface area (Å²) in [6.07, 6.45) is -4.39. The highest BCUT2D eigenvalue weighted by Crippen LogP contribution is 2.16. The topological polar surface area (TPSA) is 69.4 Å². The zero-order valence-electron chi connectivity index (χ0n) is 9.98. The summed E-state index contributed by atoms with van der Waals surface area (Å²) >= 11 is 0. The van der Waals surface area contributed by atoms with Gasteiger partial charge in [0.1, 0.15) is 6.61 Å². The van der Waals surface area contributed by atoms with Crippen molar-refractivity contribution in [1.82, 2.24) is 0 Å². The molecule has 4 nitrogen and oxygen atoms in total. The molecular weight excluding hydrogens is 283 g/mol. The number of benzene rings is 1. The average molecular weight is 297 g/mol. The van der Waals surface area contributed by atoms with Crippen LogP contribution in [0, 0.1) is 0 Å². The fourth-order valence-corrected chi connectivity index (χ4v) is 2.62. The predicted molar refractivity (Wildman–Crippen MR) is 64.4 cm³/mol. The molecular formula is C11H14F3NO3S. The monoisotopic (exact) mass is 297 g/mol. The van der Waals surface area contributed by atoms with Crippen molar-refractivity contribution < 1.29 is 26.3 Å². The molecule has 1 rings (SSSR count). The predicted octanol–water partition coefficient (Wildman–Crippen LogP) is 2.01. The molecule has 0 aliphatic carbocycles. The van der Waals surface area contributed by atoms with Crippen molar-refractivity contribution in [3.05, 3.63) is 24.3 Å². The van der Waals surface area contributed by atoms with E-state index in [-0.39, 0.29) is 23.7 Å². The number of hydrogen-bond acceptors (Lipinski definition) is 4. The van der Waals surface area contributed by atoms with E-state index < -0.39 is 22.6 Å². The van der Waals surface area contributed by atoms with E-state index in [1.807, 2.05) is 0 Å². The molecule has 19 heavy (non-hydrogen) atoms. The van der Waals surface area contributed by atoms with Crippen molar-refractivity contribution in [2.24, 2.45) is 0 Å². The molecule has 0 saturated heterocycles. The molecule has 0 unspecified atom stereocenters. The minimum absolute atomic E-state index is 0.00277. The van der Waals surface area contributed by atoms with E-state index in [4.69, 9.17) is 5.73 Å². The third-order valence-corrected chi connectivity index (χ3v) is 4.02. The lowest BCUT2D eigenvalue weighted by molar-refractivity contribution is -0.173. The molecule has 0 aromatic heterocycles. The second-order valence-electron chi connectivity index (χ2n) is 3.91. The quantitative estimate of drug-likeness (QED) is 0.644. The van der Waals surface area contributed by atoms with Gasteiger partial charge in [0.2, 0.25) is 0 Å². The first-order valence-corrected chi connectivity index (χ1v) is 7.09. The van der Waals surface area contributed by atoms with Gasteiger partial charge in [0.05, 0.1) is 10.6 Å². The summed E-state index contributed by atoms with van der Waals surface area (Å²) in [5.74, 6) is -0.269. The Kier molecular flexibility index (Phi) is 5.19. The molecule has 0 aliphatic rings. The molecule has 1 aromatic carbocycles. The first kappa shape index (κ1) is 15.8. The summed E-state index contributed by atoms with van der Waals surface area (Å²) in [5, 5.41) is 0. The van der Waals surface area contributed by atoms with Crippen molar-refractivity contribution in [3.8, 4) is 0 Å².